The highest BCUT2D eigenvalue weighted by Gasteiger charge is 2.48. The third-order valence-corrected chi connectivity index (χ3v) is 6.63. The zero-order valence-corrected chi connectivity index (χ0v) is 17.9. The lowest BCUT2D eigenvalue weighted by atomic mass is 9.94. The number of aliphatic hydroxyl groups excluding tert-OH is 1. The van der Waals surface area contributed by atoms with Gasteiger partial charge in [-0.3, -0.25) is 9.59 Å². The van der Waals surface area contributed by atoms with Crippen LogP contribution in [0.2, 0.25) is 5.02 Å². The van der Waals surface area contributed by atoms with Crippen LogP contribution in [0.5, 0.6) is 0 Å². The van der Waals surface area contributed by atoms with Crippen LogP contribution in [0, 0.1) is 5.82 Å². The van der Waals surface area contributed by atoms with E-state index < -0.39 is 17.8 Å². The number of carbonyl (C=O) groups excluding carboxylic acids is 1. The Labute approximate surface area is 188 Å². The maximum atomic E-state index is 14.1. The molecule has 1 aliphatic heterocycles. The Morgan fingerprint density at radius 3 is 2.69 bits per heavy atom. The van der Waals surface area contributed by atoms with Crippen molar-refractivity contribution in [1.82, 2.24) is 14.9 Å². The summed E-state index contributed by atoms with van der Waals surface area (Å²) in [7, 11) is 0. The van der Waals surface area contributed by atoms with Gasteiger partial charge in [-0.1, -0.05) is 41.9 Å². The average Bonchev–Trinajstić information content (AvgIpc) is 3.62. The minimum Gasteiger partial charge on any atom is -0.378 e. The Hall–Kier alpha value is -3.03. The molecule has 0 bridgehead atoms. The van der Waals surface area contributed by atoms with Gasteiger partial charge in [-0.15, -0.1) is 0 Å². The molecule has 164 valence electrons. The molecular formula is C24H21ClFN3O3. The van der Waals surface area contributed by atoms with E-state index in [-0.39, 0.29) is 34.6 Å². The monoisotopic (exact) mass is 453 g/mol. The number of carbonyl (C=O) groups is 1. The number of hydrogen-bond donors (Lipinski definition) is 2. The van der Waals surface area contributed by atoms with Crippen LogP contribution in [-0.4, -0.2) is 32.4 Å². The standard InChI is InChI=1S/C24H21ClFN3O3/c25-15-6-7-18(26)16(12-15)20(30)22(32)29-11-8-19-17(13-29)21(31)28-23(27-19)24(9-10-24)14-4-2-1-3-5-14/h1-7,12,20,30H,8-11,13H2,(H,27,28,31). The predicted molar refractivity (Wildman–Crippen MR) is 117 cm³/mol. The normalized spacial score (nSPS) is 17.5. The molecule has 1 fully saturated rings. The van der Waals surface area contributed by atoms with Crippen molar-refractivity contribution in [2.45, 2.75) is 37.3 Å². The molecule has 2 heterocycles. The van der Waals surface area contributed by atoms with Crippen molar-refractivity contribution in [2.75, 3.05) is 6.54 Å². The van der Waals surface area contributed by atoms with Crippen LogP contribution >= 0.6 is 11.6 Å². The number of rotatable bonds is 4. The van der Waals surface area contributed by atoms with Crippen molar-refractivity contribution in [1.29, 1.82) is 0 Å². The van der Waals surface area contributed by atoms with E-state index in [0.717, 1.165) is 24.5 Å². The van der Waals surface area contributed by atoms with Crippen molar-refractivity contribution in [3.8, 4) is 0 Å². The van der Waals surface area contributed by atoms with E-state index in [9.17, 15) is 19.1 Å². The van der Waals surface area contributed by atoms with Gasteiger partial charge in [0.1, 0.15) is 11.6 Å². The fourth-order valence-electron chi connectivity index (χ4n) is 4.41. The minimum absolute atomic E-state index is 0.00830. The molecule has 5 rings (SSSR count). The van der Waals surface area contributed by atoms with Crippen LogP contribution in [0.4, 0.5) is 4.39 Å². The molecule has 1 amide bonds. The lowest BCUT2D eigenvalue weighted by Crippen LogP contribution is -2.42. The molecule has 1 atom stereocenters. The summed E-state index contributed by atoms with van der Waals surface area (Å²) in [5.74, 6) is -0.732. The van der Waals surface area contributed by atoms with Crippen LogP contribution in [0.25, 0.3) is 0 Å². The summed E-state index contributed by atoms with van der Waals surface area (Å²) in [6.07, 6.45) is 0.518. The van der Waals surface area contributed by atoms with Gasteiger partial charge in [-0.2, -0.15) is 0 Å². The molecule has 0 saturated heterocycles. The third-order valence-electron chi connectivity index (χ3n) is 6.40. The SMILES string of the molecule is O=C(C(O)c1cc(Cl)ccc1F)N1CCc2nc(C3(c4ccccc4)CC3)[nH]c(=O)c2C1. The number of nitrogens with zero attached hydrogens (tertiary/aromatic N) is 2. The maximum Gasteiger partial charge on any atom is 0.256 e. The molecule has 2 aliphatic rings. The summed E-state index contributed by atoms with van der Waals surface area (Å²) >= 11 is 5.88. The Morgan fingerprint density at radius 2 is 1.97 bits per heavy atom. The number of halogens is 2. The first-order valence-corrected chi connectivity index (χ1v) is 10.9. The van der Waals surface area contributed by atoms with Crippen molar-refractivity contribution in [2.24, 2.45) is 0 Å². The lowest BCUT2D eigenvalue weighted by Gasteiger charge is -2.30. The molecule has 1 saturated carbocycles. The summed E-state index contributed by atoms with van der Waals surface area (Å²) in [6.45, 7) is 0.285. The van der Waals surface area contributed by atoms with Crippen LogP contribution in [0.15, 0.2) is 53.3 Å². The van der Waals surface area contributed by atoms with Gasteiger partial charge < -0.3 is 15.0 Å². The first-order chi connectivity index (χ1) is 15.4. The van der Waals surface area contributed by atoms with Gasteiger partial charge in [-0.25, -0.2) is 9.37 Å². The maximum absolute atomic E-state index is 14.1. The van der Waals surface area contributed by atoms with Crippen LogP contribution < -0.4 is 5.56 Å². The Morgan fingerprint density at radius 1 is 1.22 bits per heavy atom. The van der Waals surface area contributed by atoms with Crippen molar-refractivity contribution >= 4 is 17.5 Å². The van der Waals surface area contributed by atoms with Crippen molar-refractivity contribution in [3.05, 3.63) is 97.9 Å². The number of hydrogen-bond acceptors (Lipinski definition) is 4. The highest BCUT2D eigenvalue weighted by Crippen LogP contribution is 2.51. The second-order valence-corrected chi connectivity index (χ2v) is 8.80. The van der Waals surface area contributed by atoms with E-state index in [2.05, 4.69) is 4.98 Å². The molecule has 1 aliphatic carbocycles. The van der Waals surface area contributed by atoms with Gasteiger partial charge >= 0.3 is 0 Å². The molecule has 1 aromatic heterocycles. The second kappa shape index (κ2) is 7.83. The zero-order chi connectivity index (χ0) is 22.5. The number of nitrogens with one attached hydrogen (secondary N) is 1. The molecule has 0 radical (unpaired) electrons. The highest BCUT2D eigenvalue weighted by molar-refractivity contribution is 6.30. The van der Waals surface area contributed by atoms with E-state index >= 15 is 0 Å². The second-order valence-electron chi connectivity index (χ2n) is 8.37. The largest absolute Gasteiger partial charge is 0.378 e. The number of amides is 1. The Balaban J connectivity index is 1.41. The number of aromatic amines is 1. The number of fused-ring (bicyclic) bond motifs is 1. The van der Waals surface area contributed by atoms with Gasteiger partial charge in [-0.05, 0) is 36.6 Å². The Kier molecular flexibility index (Phi) is 5.10. The fraction of sp³-hybridized carbons (Fsp3) is 0.292. The van der Waals surface area contributed by atoms with Gasteiger partial charge in [0.05, 0.1) is 23.2 Å². The van der Waals surface area contributed by atoms with Crippen molar-refractivity contribution in [3.63, 3.8) is 0 Å². The smallest absolute Gasteiger partial charge is 0.256 e. The molecule has 3 aromatic rings. The van der Waals surface area contributed by atoms with Gasteiger partial charge in [0.2, 0.25) is 0 Å². The summed E-state index contributed by atoms with van der Waals surface area (Å²) in [5.41, 5.74) is 1.46. The van der Waals surface area contributed by atoms with E-state index in [4.69, 9.17) is 16.6 Å². The topological polar surface area (TPSA) is 86.3 Å². The number of benzene rings is 2. The quantitative estimate of drug-likeness (QED) is 0.635. The van der Waals surface area contributed by atoms with Gasteiger partial charge in [0, 0.05) is 23.6 Å². The zero-order valence-electron chi connectivity index (χ0n) is 17.1. The van der Waals surface area contributed by atoms with Crippen molar-refractivity contribution < 1.29 is 14.3 Å². The van der Waals surface area contributed by atoms with E-state index in [1.807, 2.05) is 30.3 Å². The molecule has 1 unspecified atom stereocenters. The van der Waals surface area contributed by atoms with E-state index in [1.54, 1.807) is 0 Å². The van der Waals surface area contributed by atoms with Crippen LogP contribution in [-0.2, 0) is 23.2 Å². The van der Waals surface area contributed by atoms with E-state index in [1.165, 1.54) is 17.0 Å². The average molecular weight is 454 g/mol. The van der Waals surface area contributed by atoms with Gasteiger partial charge in [0.15, 0.2) is 6.10 Å². The third kappa shape index (κ3) is 3.51. The summed E-state index contributed by atoms with van der Waals surface area (Å²) in [6, 6.07) is 13.7. The highest BCUT2D eigenvalue weighted by atomic mass is 35.5. The summed E-state index contributed by atoms with van der Waals surface area (Å²) in [5, 5.41) is 10.7. The van der Waals surface area contributed by atoms with Crippen LogP contribution in [0.1, 0.15) is 47.2 Å². The lowest BCUT2D eigenvalue weighted by molar-refractivity contribution is -0.141. The molecular weight excluding hydrogens is 433 g/mol. The number of aliphatic hydroxyl groups is 1. The molecule has 2 N–H and O–H groups in total. The molecule has 0 spiro atoms. The first-order valence-electron chi connectivity index (χ1n) is 10.5. The molecule has 32 heavy (non-hydrogen) atoms. The fourth-order valence-corrected chi connectivity index (χ4v) is 4.59. The summed E-state index contributed by atoms with van der Waals surface area (Å²) < 4.78 is 14.1. The number of H-pyrrole nitrogens is 1. The first kappa shape index (κ1) is 20.8. The van der Waals surface area contributed by atoms with E-state index in [0.29, 0.717) is 23.5 Å². The van der Waals surface area contributed by atoms with Gasteiger partial charge in [0.25, 0.3) is 11.5 Å². The summed E-state index contributed by atoms with van der Waals surface area (Å²) in [4.78, 5) is 34.8. The number of aromatic nitrogens is 2. The minimum atomic E-state index is -1.70. The predicted octanol–water partition coefficient (Wildman–Crippen LogP) is 3.26. The molecule has 8 heteroatoms. The Bertz CT molecular complexity index is 1260. The van der Waals surface area contributed by atoms with Crippen LogP contribution in [0.3, 0.4) is 0 Å². The molecule has 6 nitrogen and oxygen atoms in total. The molecule has 2 aromatic carbocycles.